The Kier molecular flexibility index (Phi) is 4.00. The van der Waals surface area contributed by atoms with E-state index in [1.165, 1.54) is 51.3 Å². The van der Waals surface area contributed by atoms with Crippen molar-refractivity contribution in [3.63, 3.8) is 0 Å². The standard InChI is InChI=1S/C15H27BO2/c1-15(17-11-12-18-15)9-4-10-16-13-5-2-6-14(16)8-3-7-13/h13-14H,2-12H2,1H3. The molecule has 102 valence electrons. The van der Waals surface area contributed by atoms with Gasteiger partial charge < -0.3 is 9.47 Å². The van der Waals surface area contributed by atoms with E-state index in [1.807, 2.05) is 0 Å². The highest BCUT2D eigenvalue weighted by molar-refractivity contribution is 6.62. The zero-order chi connectivity index (χ0) is 12.4. The van der Waals surface area contributed by atoms with Crippen molar-refractivity contribution in [3.05, 3.63) is 0 Å². The molecule has 3 rings (SSSR count). The summed E-state index contributed by atoms with van der Waals surface area (Å²) in [4.78, 5) is 0. The molecule has 0 radical (unpaired) electrons. The van der Waals surface area contributed by atoms with Gasteiger partial charge in [0.15, 0.2) is 5.79 Å². The van der Waals surface area contributed by atoms with Crippen LogP contribution >= 0.6 is 0 Å². The smallest absolute Gasteiger partial charge is 0.165 e. The van der Waals surface area contributed by atoms with Gasteiger partial charge in [0.25, 0.3) is 0 Å². The van der Waals surface area contributed by atoms with Gasteiger partial charge in [0.1, 0.15) is 6.71 Å². The monoisotopic (exact) mass is 250 g/mol. The maximum Gasteiger partial charge on any atom is 0.165 e. The van der Waals surface area contributed by atoms with Gasteiger partial charge in [-0.2, -0.15) is 0 Å². The highest BCUT2D eigenvalue weighted by Crippen LogP contribution is 2.48. The van der Waals surface area contributed by atoms with Gasteiger partial charge >= 0.3 is 0 Å². The molecule has 2 bridgehead atoms. The van der Waals surface area contributed by atoms with Crippen LogP contribution in [-0.2, 0) is 9.47 Å². The Hall–Kier alpha value is -0.0151. The molecule has 3 saturated heterocycles. The lowest BCUT2D eigenvalue weighted by atomic mass is 9.26. The Morgan fingerprint density at radius 1 is 1.00 bits per heavy atom. The quantitative estimate of drug-likeness (QED) is 0.698. The molecule has 0 saturated carbocycles. The first-order valence-electron chi connectivity index (χ1n) is 8.05. The van der Waals surface area contributed by atoms with Crippen LogP contribution in [-0.4, -0.2) is 25.7 Å². The minimum Gasteiger partial charge on any atom is -0.348 e. The summed E-state index contributed by atoms with van der Waals surface area (Å²) in [7, 11) is 0. The summed E-state index contributed by atoms with van der Waals surface area (Å²) in [6.07, 6.45) is 12.8. The van der Waals surface area contributed by atoms with Gasteiger partial charge in [0.05, 0.1) is 13.2 Å². The Morgan fingerprint density at radius 3 is 2.11 bits per heavy atom. The van der Waals surface area contributed by atoms with Crippen molar-refractivity contribution in [1.82, 2.24) is 0 Å². The van der Waals surface area contributed by atoms with E-state index in [2.05, 4.69) is 6.92 Å². The summed E-state index contributed by atoms with van der Waals surface area (Å²) in [5.41, 5.74) is 0. The average Bonchev–Trinajstić information content (AvgIpc) is 2.76. The molecule has 3 heteroatoms. The van der Waals surface area contributed by atoms with Gasteiger partial charge in [-0.05, 0) is 6.92 Å². The molecule has 0 spiro atoms. The van der Waals surface area contributed by atoms with E-state index in [9.17, 15) is 0 Å². The van der Waals surface area contributed by atoms with Crippen LogP contribution in [0.15, 0.2) is 0 Å². The second kappa shape index (κ2) is 5.54. The zero-order valence-electron chi connectivity index (χ0n) is 11.8. The molecular formula is C15H27BO2. The van der Waals surface area contributed by atoms with E-state index in [-0.39, 0.29) is 5.79 Å². The van der Waals surface area contributed by atoms with Gasteiger partial charge in [-0.1, -0.05) is 62.9 Å². The normalized spacial score (nSPS) is 34.8. The molecule has 0 atom stereocenters. The fourth-order valence-electron chi connectivity index (χ4n) is 4.65. The van der Waals surface area contributed by atoms with Crippen LogP contribution in [0.4, 0.5) is 0 Å². The fraction of sp³-hybridized carbons (Fsp3) is 1.00. The number of hydrogen-bond donors (Lipinski definition) is 0. The van der Waals surface area contributed by atoms with E-state index < -0.39 is 0 Å². The molecule has 0 amide bonds. The predicted octanol–water partition coefficient (Wildman–Crippen LogP) is 4.13. The topological polar surface area (TPSA) is 18.5 Å². The van der Waals surface area contributed by atoms with Crippen LogP contribution in [0.3, 0.4) is 0 Å². The molecule has 3 aliphatic rings. The van der Waals surface area contributed by atoms with Gasteiger partial charge in [-0.15, -0.1) is 0 Å². The predicted molar refractivity (Wildman–Crippen MR) is 75.3 cm³/mol. The van der Waals surface area contributed by atoms with E-state index in [1.54, 1.807) is 0 Å². The maximum atomic E-state index is 5.70. The van der Waals surface area contributed by atoms with Crippen molar-refractivity contribution in [2.24, 2.45) is 0 Å². The van der Waals surface area contributed by atoms with Crippen LogP contribution in [0.25, 0.3) is 0 Å². The maximum absolute atomic E-state index is 5.70. The Labute approximate surface area is 112 Å². The number of fused-ring (bicyclic) bond motifs is 2. The second-order valence-corrected chi connectivity index (χ2v) is 6.77. The average molecular weight is 250 g/mol. The van der Waals surface area contributed by atoms with Gasteiger partial charge in [0.2, 0.25) is 0 Å². The summed E-state index contributed by atoms with van der Waals surface area (Å²) < 4.78 is 11.4. The molecular weight excluding hydrogens is 223 g/mol. The van der Waals surface area contributed by atoms with Gasteiger partial charge in [-0.3, -0.25) is 0 Å². The van der Waals surface area contributed by atoms with Crippen LogP contribution in [0.2, 0.25) is 18.0 Å². The first-order valence-corrected chi connectivity index (χ1v) is 8.05. The fourth-order valence-corrected chi connectivity index (χ4v) is 4.65. The minimum absolute atomic E-state index is 0.260. The minimum atomic E-state index is -0.260. The largest absolute Gasteiger partial charge is 0.348 e. The van der Waals surface area contributed by atoms with E-state index >= 15 is 0 Å². The Balaban J connectivity index is 1.47. The Morgan fingerprint density at radius 2 is 1.56 bits per heavy atom. The molecule has 0 aromatic heterocycles. The van der Waals surface area contributed by atoms with E-state index in [4.69, 9.17) is 9.47 Å². The molecule has 2 nitrogen and oxygen atoms in total. The molecule has 18 heavy (non-hydrogen) atoms. The molecule has 0 aromatic carbocycles. The molecule has 3 aliphatic heterocycles. The molecule has 0 aliphatic carbocycles. The van der Waals surface area contributed by atoms with E-state index in [0.717, 1.165) is 38.0 Å². The van der Waals surface area contributed by atoms with Crippen molar-refractivity contribution in [2.45, 2.75) is 82.0 Å². The summed E-state index contributed by atoms with van der Waals surface area (Å²) in [5, 5.41) is 0. The van der Waals surface area contributed by atoms with E-state index in [0.29, 0.717) is 0 Å². The van der Waals surface area contributed by atoms with Crippen molar-refractivity contribution < 1.29 is 9.47 Å². The van der Waals surface area contributed by atoms with Crippen molar-refractivity contribution in [2.75, 3.05) is 13.2 Å². The number of ether oxygens (including phenoxy) is 2. The summed E-state index contributed by atoms with van der Waals surface area (Å²) in [5.74, 6) is 1.84. The van der Waals surface area contributed by atoms with Crippen molar-refractivity contribution in [3.8, 4) is 0 Å². The summed E-state index contributed by atoms with van der Waals surface area (Å²) >= 11 is 0. The van der Waals surface area contributed by atoms with Crippen LogP contribution in [0, 0.1) is 0 Å². The molecule has 0 unspecified atom stereocenters. The SMILES string of the molecule is CC1(CCCB2C3CCCC2CCC3)OCCO1. The third kappa shape index (κ3) is 2.77. The molecule has 0 N–H and O–H groups in total. The molecule has 3 heterocycles. The molecule has 3 fully saturated rings. The lowest BCUT2D eigenvalue weighted by Crippen LogP contribution is -2.35. The zero-order valence-corrected chi connectivity index (χ0v) is 11.8. The first-order chi connectivity index (χ1) is 8.77. The molecule has 0 aromatic rings. The third-order valence-corrected chi connectivity index (χ3v) is 5.58. The first kappa shape index (κ1) is 13.0. The lowest BCUT2D eigenvalue weighted by molar-refractivity contribution is -0.146. The number of rotatable bonds is 4. The lowest BCUT2D eigenvalue weighted by Gasteiger charge is -2.41. The third-order valence-electron chi connectivity index (χ3n) is 5.58. The summed E-state index contributed by atoms with van der Waals surface area (Å²) in [6, 6.07) is 0. The second-order valence-electron chi connectivity index (χ2n) is 6.77. The highest BCUT2D eigenvalue weighted by atomic mass is 16.7. The Bertz CT molecular complexity index is 254. The van der Waals surface area contributed by atoms with Crippen LogP contribution in [0.1, 0.15) is 58.3 Å². The van der Waals surface area contributed by atoms with Crippen molar-refractivity contribution >= 4 is 6.71 Å². The summed E-state index contributed by atoms with van der Waals surface area (Å²) in [6.45, 7) is 4.70. The van der Waals surface area contributed by atoms with Gasteiger partial charge in [0, 0.05) is 6.42 Å². The number of hydrogen-bond acceptors (Lipinski definition) is 2. The van der Waals surface area contributed by atoms with Crippen LogP contribution < -0.4 is 0 Å². The van der Waals surface area contributed by atoms with Crippen molar-refractivity contribution in [1.29, 1.82) is 0 Å². The highest BCUT2D eigenvalue weighted by Gasteiger charge is 2.39. The van der Waals surface area contributed by atoms with Crippen LogP contribution in [0.5, 0.6) is 0 Å². The van der Waals surface area contributed by atoms with Gasteiger partial charge in [-0.25, -0.2) is 0 Å².